The van der Waals surface area contributed by atoms with Gasteiger partial charge in [-0.15, -0.1) is 12.4 Å². The van der Waals surface area contributed by atoms with Crippen molar-refractivity contribution in [2.45, 2.75) is 0 Å². The average Bonchev–Trinajstić information content (AvgIpc) is 1.59. The van der Waals surface area contributed by atoms with Crippen LogP contribution < -0.4 is 5.73 Å². The normalized spacial score (nSPS) is 8.64. The standard InChI is InChI=1S/C4H8N2O3S.ClH/c1-6(2)4(3(5)7)10(8)9;/h1-2H3,(H2,5,7);1H. The molecule has 0 aromatic carbocycles. The maximum Gasteiger partial charge on any atom is 0.275 e. The second-order valence-corrected chi connectivity index (χ2v) is 2.65. The van der Waals surface area contributed by atoms with Crippen LogP contribution in [0.2, 0.25) is 0 Å². The number of nitrogens with zero attached hydrogens (tertiary/aromatic N) is 1. The Balaban J connectivity index is 0. The van der Waals surface area contributed by atoms with Crippen molar-refractivity contribution in [3.8, 4) is 0 Å². The SMILES string of the molecule is CN(C)C(C(N)=O)=S(=O)=O.Cl. The molecule has 0 saturated heterocycles. The van der Waals surface area contributed by atoms with E-state index >= 15 is 0 Å². The van der Waals surface area contributed by atoms with Gasteiger partial charge in [-0.05, 0) is 14.1 Å². The van der Waals surface area contributed by atoms with Crippen LogP contribution in [0.3, 0.4) is 0 Å². The Kier molecular flexibility index (Phi) is 6.06. The minimum absolute atomic E-state index is 0. The van der Waals surface area contributed by atoms with Gasteiger partial charge in [-0.3, -0.25) is 9.69 Å². The first-order valence-corrected chi connectivity index (χ1v) is 3.47. The molecule has 0 bridgehead atoms. The molecule has 0 saturated carbocycles. The number of hydrogen-bond acceptors (Lipinski definition) is 3. The molecular weight excluding hydrogens is 192 g/mol. The number of primary amides is 1. The summed E-state index contributed by atoms with van der Waals surface area (Å²) in [6.45, 7) is 0. The van der Waals surface area contributed by atoms with Crippen LogP contribution in [0, 0.1) is 0 Å². The molecule has 0 heterocycles. The maximum atomic E-state index is 10.3. The number of rotatable bonds is 0. The van der Waals surface area contributed by atoms with E-state index in [0.717, 1.165) is 4.90 Å². The van der Waals surface area contributed by atoms with Gasteiger partial charge in [-0.2, -0.15) is 8.42 Å². The molecule has 7 heteroatoms. The number of hydrogen-bond donors (Lipinski definition) is 1. The molecule has 1 amide bonds. The molecule has 0 unspecified atom stereocenters. The van der Waals surface area contributed by atoms with Crippen LogP contribution in [0.1, 0.15) is 0 Å². The fourth-order valence-corrected chi connectivity index (χ4v) is 0.914. The van der Waals surface area contributed by atoms with Crippen molar-refractivity contribution in [1.29, 1.82) is 0 Å². The maximum absolute atomic E-state index is 10.3. The highest BCUT2D eigenvalue weighted by Crippen LogP contribution is 1.76. The number of amides is 1. The highest BCUT2D eigenvalue weighted by atomic mass is 35.5. The van der Waals surface area contributed by atoms with E-state index in [2.05, 4.69) is 0 Å². The minimum Gasteiger partial charge on any atom is -0.364 e. The zero-order valence-electron chi connectivity index (χ0n) is 6.07. The minimum atomic E-state index is -2.55. The van der Waals surface area contributed by atoms with Gasteiger partial charge in [-0.25, -0.2) is 0 Å². The molecule has 0 spiro atoms. The summed E-state index contributed by atoms with van der Waals surface area (Å²) in [5.74, 6) is -0.946. The summed E-state index contributed by atoms with van der Waals surface area (Å²) < 4.78 is 20.4. The van der Waals surface area contributed by atoms with Crippen molar-refractivity contribution in [1.82, 2.24) is 4.90 Å². The molecule has 0 aromatic heterocycles. The zero-order chi connectivity index (χ0) is 8.31. The van der Waals surface area contributed by atoms with Crippen molar-refractivity contribution in [3.05, 3.63) is 0 Å². The fraction of sp³-hybridized carbons (Fsp3) is 0.500. The molecular formula is C4H9ClN2O3S. The lowest BCUT2D eigenvalue weighted by Crippen LogP contribution is -2.35. The van der Waals surface area contributed by atoms with Gasteiger partial charge in [0.05, 0.1) is 0 Å². The van der Waals surface area contributed by atoms with Gasteiger partial charge >= 0.3 is 0 Å². The predicted molar refractivity (Wildman–Crippen MR) is 44.1 cm³/mol. The summed E-state index contributed by atoms with van der Waals surface area (Å²) in [5.41, 5.74) is 4.73. The third-order valence-corrected chi connectivity index (χ3v) is 1.66. The molecule has 0 aliphatic carbocycles. The Morgan fingerprint density at radius 2 is 1.73 bits per heavy atom. The molecule has 0 aromatic rings. The Hall–Kier alpha value is -0.590. The molecule has 0 aliphatic heterocycles. The summed E-state index contributed by atoms with van der Waals surface area (Å²) in [5, 5.41) is 0. The van der Waals surface area contributed by atoms with E-state index in [1.54, 1.807) is 0 Å². The molecule has 2 N–H and O–H groups in total. The smallest absolute Gasteiger partial charge is 0.275 e. The average molecular weight is 201 g/mol. The lowest BCUT2D eigenvalue weighted by Gasteiger charge is -2.04. The van der Waals surface area contributed by atoms with Gasteiger partial charge in [-0.1, -0.05) is 0 Å². The Bertz CT molecular complexity index is 261. The van der Waals surface area contributed by atoms with E-state index in [0.29, 0.717) is 0 Å². The van der Waals surface area contributed by atoms with Gasteiger partial charge < -0.3 is 5.73 Å². The zero-order valence-corrected chi connectivity index (χ0v) is 7.70. The van der Waals surface area contributed by atoms with Gasteiger partial charge in [0.2, 0.25) is 15.3 Å². The van der Waals surface area contributed by atoms with Crippen LogP contribution in [-0.4, -0.2) is 38.3 Å². The first kappa shape index (κ1) is 13.0. The van der Waals surface area contributed by atoms with E-state index in [9.17, 15) is 13.2 Å². The van der Waals surface area contributed by atoms with Gasteiger partial charge in [0.25, 0.3) is 5.91 Å². The van der Waals surface area contributed by atoms with Crippen LogP contribution in [0.4, 0.5) is 0 Å². The first-order chi connectivity index (χ1) is 4.46. The van der Waals surface area contributed by atoms with Crippen LogP contribution >= 0.6 is 12.4 Å². The van der Waals surface area contributed by atoms with Crippen LogP contribution in [0.15, 0.2) is 0 Å². The topological polar surface area (TPSA) is 80.5 Å². The quantitative estimate of drug-likeness (QED) is 0.481. The van der Waals surface area contributed by atoms with E-state index in [1.807, 2.05) is 0 Å². The highest BCUT2D eigenvalue weighted by Gasteiger charge is 2.10. The first-order valence-electron chi connectivity index (χ1n) is 2.40. The second-order valence-electron chi connectivity index (χ2n) is 1.80. The predicted octanol–water partition coefficient (Wildman–Crippen LogP) is -1.54. The highest BCUT2D eigenvalue weighted by molar-refractivity contribution is 7.74. The largest absolute Gasteiger partial charge is 0.364 e. The third kappa shape index (κ3) is 3.97. The van der Waals surface area contributed by atoms with Crippen molar-refractivity contribution < 1.29 is 13.2 Å². The van der Waals surface area contributed by atoms with Crippen LogP contribution in [0.5, 0.6) is 0 Å². The number of carbonyl (C=O) groups excluding carboxylic acids is 1. The van der Waals surface area contributed by atoms with Crippen LogP contribution in [-0.2, 0) is 15.1 Å². The fourth-order valence-electron chi connectivity index (χ4n) is 0.452. The molecule has 0 radical (unpaired) electrons. The monoisotopic (exact) mass is 200 g/mol. The summed E-state index contributed by atoms with van der Waals surface area (Å²) in [7, 11) is 0.307. The lowest BCUT2D eigenvalue weighted by atomic mass is 10.6. The van der Waals surface area contributed by atoms with Crippen molar-refractivity contribution in [3.63, 3.8) is 0 Å². The van der Waals surface area contributed by atoms with E-state index in [-0.39, 0.29) is 12.4 Å². The van der Waals surface area contributed by atoms with E-state index in [1.165, 1.54) is 14.1 Å². The van der Waals surface area contributed by atoms with E-state index in [4.69, 9.17) is 5.73 Å². The molecule has 11 heavy (non-hydrogen) atoms. The summed E-state index contributed by atoms with van der Waals surface area (Å²) >= 11 is 0. The van der Waals surface area contributed by atoms with Crippen molar-refractivity contribution in [2.75, 3.05) is 14.1 Å². The summed E-state index contributed by atoms with van der Waals surface area (Å²) in [4.78, 5) is 11.1. The van der Waals surface area contributed by atoms with Gasteiger partial charge in [0.1, 0.15) is 0 Å². The number of halogens is 1. The number of nitrogens with two attached hydrogens (primary N) is 1. The Morgan fingerprint density at radius 3 is 1.73 bits per heavy atom. The second kappa shape index (κ2) is 5.11. The Labute approximate surface area is 72.1 Å². The van der Waals surface area contributed by atoms with Crippen molar-refractivity contribution >= 4 is 33.6 Å². The molecule has 5 nitrogen and oxygen atoms in total. The molecule has 0 aliphatic rings. The third-order valence-electron chi connectivity index (χ3n) is 0.775. The molecule has 0 fully saturated rings. The number of likely N-dealkylation sites (N-methyl/N-ethyl adjacent to an activating group) is 1. The van der Waals surface area contributed by atoms with E-state index < -0.39 is 21.2 Å². The van der Waals surface area contributed by atoms with Gasteiger partial charge in [0.15, 0.2) is 0 Å². The lowest BCUT2D eigenvalue weighted by molar-refractivity contribution is -0.112. The molecule has 0 rings (SSSR count). The summed E-state index contributed by atoms with van der Waals surface area (Å²) in [6, 6.07) is 0. The summed E-state index contributed by atoms with van der Waals surface area (Å²) in [6.07, 6.45) is 0. The van der Waals surface area contributed by atoms with Crippen molar-refractivity contribution in [2.24, 2.45) is 5.73 Å². The molecule has 66 valence electrons. The van der Waals surface area contributed by atoms with Crippen LogP contribution in [0.25, 0.3) is 0 Å². The molecule has 0 atom stereocenters. The van der Waals surface area contributed by atoms with Gasteiger partial charge in [0, 0.05) is 0 Å². The number of carbonyl (C=O) groups is 1. The Morgan fingerprint density at radius 1 is 1.36 bits per heavy atom.